The average molecular weight is 191 g/mol. The molecule has 1 amide bonds. The predicted octanol–water partition coefficient (Wildman–Crippen LogP) is 2.30. The fourth-order valence-electron chi connectivity index (χ4n) is 1.53. The summed E-state index contributed by atoms with van der Waals surface area (Å²) >= 11 is 0. The molecular formula is C12H17NO. The SMILES string of the molecule is C=C/C=C\C1=C(C)CCN(C(C)=O)C1. The maximum Gasteiger partial charge on any atom is 0.219 e. The van der Waals surface area contributed by atoms with Gasteiger partial charge in [-0.25, -0.2) is 0 Å². The van der Waals surface area contributed by atoms with Gasteiger partial charge in [0, 0.05) is 20.0 Å². The summed E-state index contributed by atoms with van der Waals surface area (Å²) in [5.74, 6) is 0.155. The minimum atomic E-state index is 0.155. The van der Waals surface area contributed by atoms with E-state index in [9.17, 15) is 4.79 Å². The highest BCUT2D eigenvalue weighted by Gasteiger charge is 2.16. The van der Waals surface area contributed by atoms with E-state index in [1.165, 1.54) is 11.1 Å². The lowest BCUT2D eigenvalue weighted by Crippen LogP contribution is -2.34. The molecule has 0 fully saturated rings. The Balaban J connectivity index is 2.76. The van der Waals surface area contributed by atoms with Crippen LogP contribution in [0, 0.1) is 0 Å². The van der Waals surface area contributed by atoms with Gasteiger partial charge in [-0.05, 0) is 18.9 Å². The number of hydrogen-bond acceptors (Lipinski definition) is 1. The normalized spacial score (nSPS) is 17.7. The van der Waals surface area contributed by atoms with Crippen LogP contribution in [-0.4, -0.2) is 23.9 Å². The third-order valence-electron chi connectivity index (χ3n) is 2.54. The largest absolute Gasteiger partial charge is 0.338 e. The topological polar surface area (TPSA) is 20.3 Å². The molecule has 0 atom stereocenters. The summed E-state index contributed by atoms with van der Waals surface area (Å²) in [6, 6.07) is 0. The average Bonchev–Trinajstić information content (AvgIpc) is 2.16. The zero-order chi connectivity index (χ0) is 10.6. The van der Waals surface area contributed by atoms with Crippen molar-refractivity contribution >= 4 is 5.91 Å². The summed E-state index contributed by atoms with van der Waals surface area (Å²) in [4.78, 5) is 13.1. The van der Waals surface area contributed by atoms with E-state index < -0.39 is 0 Å². The molecule has 0 radical (unpaired) electrons. The molecule has 2 heteroatoms. The molecule has 0 aliphatic carbocycles. The Kier molecular flexibility index (Phi) is 3.69. The van der Waals surface area contributed by atoms with Crippen LogP contribution in [0.4, 0.5) is 0 Å². The molecular weight excluding hydrogens is 174 g/mol. The smallest absolute Gasteiger partial charge is 0.219 e. The quantitative estimate of drug-likeness (QED) is 0.613. The zero-order valence-corrected chi connectivity index (χ0v) is 8.92. The minimum absolute atomic E-state index is 0.155. The number of amides is 1. The Morgan fingerprint density at radius 3 is 2.86 bits per heavy atom. The van der Waals surface area contributed by atoms with Crippen molar-refractivity contribution in [2.75, 3.05) is 13.1 Å². The highest BCUT2D eigenvalue weighted by atomic mass is 16.2. The van der Waals surface area contributed by atoms with Gasteiger partial charge in [-0.3, -0.25) is 4.79 Å². The van der Waals surface area contributed by atoms with Gasteiger partial charge in [-0.1, -0.05) is 30.4 Å². The second kappa shape index (κ2) is 4.80. The van der Waals surface area contributed by atoms with Gasteiger partial charge in [0.25, 0.3) is 0 Å². The fourth-order valence-corrected chi connectivity index (χ4v) is 1.53. The van der Waals surface area contributed by atoms with E-state index in [0.29, 0.717) is 0 Å². The van der Waals surface area contributed by atoms with Crippen molar-refractivity contribution in [2.45, 2.75) is 20.3 Å². The summed E-state index contributed by atoms with van der Waals surface area (Å²) in [5, 5.41) is 0. The Hall–Kier alpha value is -1.31. The molecule has 0 spiro atoms. The zero-order valence-electron chi connectivity index (χ0n) is 8.92. The van der Waals surface area contributed by atoms with Crippen LogP contribution in [0.2, 0.25) is 0 Å². The highest BCUT2D eigenvalue weighted by molar-refractivity contribution is 5.74. The molecule has 1 aliphatic rings. The van der Waals surface area contributed by atoms with Gasteiger partial charge in [-0.2, -0.15) is 0 Å². The molecule has 0 bridgehead atoms. The Labute approximate surface area is 85.6 Å². The van der Waals surface area contributed by atoms with Crippen molar-refractivity contribution in [1.29, 1.82) is 0 Å². The predicted molar refractivity (Wildman–Crippen MR) is 58.9 cm³/mol. The maximum atomic E-state index is 11.2. The maximum absolute atomic E-state index is 11.2. The fraction of sp³-hybridized carbons (Fsp3) is 0.417. The molecule has 0 saturated heterocycles. The first-order chi connectivity index (χ1) is 6.65. The number of nitrogens with zero attached hydrogens (tertiary/aromatic N) is 1. The van der Waals surface area contributed by atoms with Gasteiger partial charge >= 0.3 is 0 Å². The van der Waals surface area contributed by atoms with E-state index in [4.69, 9.17) is 0 Å². The van der Waals surface area contributed by atoms with Crippen molar-refractivity contribution in [2.24, 2.45) is 0 Å². The summed E-state index contributed by atoms with van der Waals surface area (Å²) in [7, 11) is 0. The molecule has 1 heterocycles. The van der Waals surface area contributed by atoms with Crippen molar-refractivity contribution in [1.82, 2.24) is 4.90 Å². The molecule has 1 aliphatic heterocycles. The van der Waals surface area contributed by atoms with E-state index in [1.807, 2.05) is 17.1 Å². The van der Waals surface area contributed by atoms with Crippen LogP contribution in [-0.2, 0) is 4.79 Å². The third-order valence-corrected chi connectivity index (χ3v) is 2.54. The highest BCUT2D eigenvalue weighted by Crippen LogP contribution is 2.18. The van der Waals surface area contributed by atoms with Crippen LogP contribution in [0.5, 0.6) is 0 Å². The first-order valence-electron chi connectivity index (χ1n) is 4.88. The molecule has 1 rings (SSSR count). The molecule has 14 heavy (non-hydrogen) atoms. The molecule has 0 aromatic carbocycles. The Bertz CT molecular complexity index is 299. The lowest BCUT2D eigenvalue weighted by atomic mass is 10.0. The summed E-state index contributed by atoms with van der Waals surface area (Å²) in [6.07, 6.45) is 6.70. The Morgan fingerprint density at radius 1 is 1.57 bits per heavy atom. The van der Waals surface area contributed by atoms with E-state index in [1.54, 1.807) is 13.0 Å². The van der Waals surface area contributed by atoms with Crippen LogP contribution < -0.4 is 0 Å². The van der Waals surface area contributed by atoms with Gasteiger partial charge in [0.2, 0.25) is 5.91 Å². The van der Waals surface area contributed by atoms with E-state index in [0.717, 1.165) is 19.5 Å². The van der Waals surface area contributed by atoms with E-state index >= 15 is 0 Å². The number of rotatable bonds is 2. The van der Waals surface area contributed by atoms with Gasteiger partial charge in [0.05, 0.1) is 0 Å². The summed E-state index contributed by atoms with van der Waals surface area (Å²) in [6.45, 7) is 8.98. The van der Waals surface area contributed by atoms with Crippen molar-refractivity contribution in [3.8, 4) is 0 Å². The number of carbonyl (C=O) groups excluding carboxylic acids is 1. The van der Waals surface area contributed by atoms with E-state index in [2.05, 4.69) is 13.5 Å². The molecule has 0 aromatic heterocycles. The van der Waals surface area contributed by atoms with Gasteiger partial charge in [-0.15, -0.1) is 0 Å². The van der Waals surface area contributed by atoms with Crippen molar-refractivity contribution in [3.05, 3.63) is 36.0 Å². The van der Waals surface area contributed by atoms with Gasteiger partial charge in [0.1, 0.15) is 0 Å². The number of carbonyl (C=O) groups is 1. The molecule has 0 aromatic rings. The van der Waals surface area contributed by atoms with Crippen LogP contribution in [0.15, 0.2) is 36.0 Å². The molecule has 0 unspecified atom stereocenters. The van der Waals surface area contributed by atoms with E-state index in [-0.39, 0.29) is 5.91 Å². The number of hydrogen-bond donors (Lipinski definition) is 0. The Morgan fingerprint density at radius 2 is 2.29 bits per heavy atom. The standard InChI is InChI=1S/C12H17NO/c1-4-5-6-12-9-13(11(3)14)8-7-10(12)2/h4-6H,1,7-9H2,2-3H3/b6-5-. The molecule has 76 valence electrons. The molecule has 2 nitrogen and oxygen atoms in total. The first kappa shape index (κ1) is 10.8. The van der Waals surface area contributed by atoms with Crippen LogP contribution in [0.25, 0.3) is 0 Å². The number of allylic oxidation sites excluding steroid dienone is 2. The lowest BCUT2D eigenvalue weighted by Gasteiger charge is -2.27. The summed E-state index contributed by atoms with van der Waals surface area (Å²) in [5.41, 5.74) is 2.62. The second-order valence-corrected chi connectivity index (χ2v) is 3.59. The first-order valence-corrected chi connectivity index (χ1v) is 4.88. The van der Waals surface area contributed by atoms with Gasteiger partial charge in [0.15, 0.2) is 0 Å². The lowest BCUT2D eigenvalue weighted by molar-refractivity contribution is -0.128. The molecule has 0 saturated carbocycles. The van der Waals surface area contributed by atoms with Crippen LogP contribution >= 0.6 is 0 Å². The third kappa shape index (κ3) is 2.59. The molecule has 0 N–H and O–H groups in total. The van der Waals surface area contributed by atoms with Crippen LogP contribution in [0.1, 0.15) is 20.3 Å². The second-order valence-electron chi connectivity index (χ2n) is 3.59. The van der Waals surface area contributed by atoms with Gasteiger partial charge < -0.3 is 4.90 Å². The van der Waals surface area contributed by atoms with Crippen LogP contribution in [0.3, 0.4) is 0 Å². The minimum Gasteiger partial charge on any atom is -0.338 e. The summed E-state index contributed by atoms with van der Waals surface area (Å²) < 4.78 is 0. The van der Waals surface area contributed by atoms with Crippen molar-refractivity contribution < 1.29 is 4.79 Å². The monoisotopic (exact) mass is 191 g/mol. The van der Waals surface area contributed by atoms with Crippen molar-refractivity contribution in [3.63, 3.8) is 0 Å².